The SMILES string of the molecule is Cc1c(N)ccc(=O)n1Cc1cncs1. The minimum atomic E-state index is -0.0323. The molecule has 0 aliphatic rings. The molecule has 2 N–H and O–H groups in total. The minimum Gasteiger partial charge on any atom is -0.397 e. The molecule has 4 nitrogen and oxygen atoms in total. The van der Waals surface area contributed by atoms with Gasteiger partial charge in [0.05, 0.1) is 17.7 Å². The van der Waals surface area contributed by atoms with Crippen LogP contribution in [0.4, 0.5) is 5.69 Å². The van der Waals surface area contributed by atoms with E-state index >= 15 is 0 Å². The molecule has 5 heteroatoms. The van der Waals surface area contributed by atoms with Gasteiger partial charge in [0.2, 0.25) is 0 Å². The summed E-state index contributed by atoms with van der Waals surface area (Å²) in [6.45, 7) is 2.39. The van der Waals surface area contributed by atoms with E-state index in [9.17, 15) is 4.79 Å². The number of nitrogens with two attached hydrogens (primary N) is 1. The monoisotopic (exact) mass is 221 g/mol. The molecular formula is C10H11N3OS. The molecular weight excluding hydrogens is 210 g/mol. The zero-order valence-electron chi connectivity index (χ0n) is 8.30. The Balaban J connectivity index is 2.44. The third-order valence-electron chi connectivity index (χ3n) is 2.29. The second-order valence-electron chi connectivity index (χ2n) is 3.27. The van der Waals surface area contributed by atoms with E-state index in [1.54, 1.807) is 22.3 Å². The Morgan fingerprint density at radius 1 is 1.53 bits per heavy atom. The van der Waals surface area contributed by atoms with Gasteiger partial charge in [-0.05, 0) is 13.0 Å². The highest BCUT2D eigenvalue weighted by Gasteiger charge is 2.04. The Morgan fingerprint density at radius 3 is 3.00 bits per heavy atom. The van der Waals surface area contributed by atoms with Crippen LogP contribution in [0.3, 0.4) is 0 Å². The van der Waals surface area contributed by atoms with Crippen molar-refractivity contribution in [2.45, 2.75) is 13.5 Å². The topological polar surface area (TPSA) is 60.9 Å². The molecule has 15 heavy (non-hydrogen) atoms. The highest BCUT2D eigenvalue weighted by Crippen LogP contribution is 2.11. The standard InChI is InChI=1S/C10H11N3OS/c1-7-9(11)2-3-10(14)13(7)5-8-4-12-6-15-8/h2-4,6H,5,11H2,1H3. The van der Waals surface area contributed by atoms with Gasteiger partial charge in [0, 0.05) is 22.8 Å². The molecule has 2 aromatic rings. The smallest absolute Gasteiger partial charge is 0.251 e. The third kappa shape index (κ3) is 1.92. The predicted molar refractivity (Wildman–Crippen MR) is 61.1 cm³/mol. The van der Waals surface area contributed by atoms with Crippen LogP contribution in [-0.4, -0.2) is 9.55 Å². The van der Waals surface area contributed by atoms with Gasteiger partial charge < -0.3 is 10.3 Å². The number of hydrogen-bond donors (Lipinski definition) is 1. The van der Waals surface area contributed by atoms with Gasteiger partial charge in [-0.2, -0.15) is 0 Å². The van der Waals surface area contributed by atoms with Crippen molar-refractivity contribution in [2.75, 3.05) is 5.73 Å². The van der Waals surface area contributed by atoms with Crippen LogP contribution < -0.4 is 11.3 Å². The van der Waals surface area contributed by atoms with Crippen LogP contribution in [0.15, 0.2) is 28.6 Å². The molecule has 0 aliphatic carbocycles. The van der Waals surface area contributed by atoms with E-state index in [-0.39, 0.29) is 5.56 Å². The minimum absolute atomic E-state index is 0.0323. The summed E-state index contributed by atoms with van der Waals surface area (Å²) in [4.78, 5) is 16.6. The number of hydrogen-bond acceptors (Lipinski definition) is 4. The van der Waals surface area contributed by atoms with E-state index < -0.39 is 0 Å². The van der Waals surface area contributed by atoms with Crippen molar-refractivity contribution in [1.82, 2.24) is 9.55 Å². The maximum absolute atomic E-state index is 11.6. The number of anilines is 1. The van der Waals surface area contributed by atoms with Crippen molar-refractivity contribution in [2.24, 2.45) is 0 Å². The van der Waals surface area contributed by atoms with Crippen LogP contribution in [0.2, 0.25) is 0 Å². The summed E-state index contributed by atoms with van der Waals surface area (Å²) in [5, 5.41) is 0. The molecule has 0 unspecified atom stereocenters. The van der Waals surface area contributed by atoms with Crippen LogP contribution in [0.5, 0.6) is 0 Å². The first-order chi connectivity index (χ1) is 7.18. The number of aromatic nitrogens is 2. The van der Waals surface area contributed by atoms with Crippen molar-refractivity contribution >= 4 is 17.0 Å². The second-order valence-corrected chi connectivity index (χ2v) is 4.24. The number of thiazole rings is 1. The van der Waals surface area contributed by atoms with E-state index in [1.807, 2.05) is 6.92 Å². The average molecular weight is 221 g/mol. The zero-order chi connectivity index (χ0) is 10.8. The van der Waals surface area contributed by atoms with Gasteiger partial charge in [0.1, 0.15) is 0 Å². The average Bonchev–Trinajstić information content (AvgIpc) is 2.71. The summed E-state index contributed by atoms with van der Waals surface area (Å²) in [6, 6.07) is 3.13. The normalized spacial score (nSPS) is 10.5. The molecule has 2 rings (SSSR count). The van der Waals surface area contributed by atoms with E-state index in [2.05, 4.69) is 4.98 Å². The number of rotatable bonds is 2. The van der Waals surface area contributed by atoms with E-state index in [4.69, 9.17) is 5.73 Å². The Labute approximate surface area is 91.0 Å². The molecule has 0 amide bonds. The van der Waals surface area contributed by atoms with Crippen molar-refractivity contribution < 1.29 is 0 Å². The second kappa shape index (κ2) is 3.86. The first-order valence-electron chi connectivity index (χ1n) is 4.52. The molecule has 0 radical (unpaired) electrons. The lowest BCUT2D eigenvalue weighted by Gasteiger charge is -2.09. The van der Waals surface area contributed by atoms with Gasteiger partial charge >= 0.3 is 0 Å². The molecule has 0 bridgehead atoms. The molecule has 0 aromatic carbocycles. The summed E-state index contributed by atoms with van der Waals surface area (Å²) in [5.41, 5.74) is 8.91. The van der Waals surface area contributed by atoms with Crippen molar-refractivity contribution in [1.29, 1.82) is 0 Å². The maximum Gasteiger partial charge on any atom is 0.251 e. The van der Waals surface area contributed by atoms with Gasteiger partial charge in [-0.3, -0.25) is 9.78 Å². The molecule has 0 spiro atoms. The third-order valence-corrected chi connectivity index (χ3v) is 3.06. The summed E-state index contributed by atoms with van der Waals surface area (Å²) in [5.74, 6) is 0. The van der Waals surface area contributed by atoms with Gasteiger partial charge in [-0.25, -0.2) is 0 Å². The number of pyridine rings is 1. The summed E-state index contributed by atoms with van der Waals surface area (Å²) in [6.07, 6.45) is 1.76. The Hall–Kier alpha value is -1.62. The van der Waals surface area contributed by atoms with E-state index in [0.29, 0.717) is 12.2 Å². The van der Waals surface area contributed by atoms with Crippen molar-refractivity contribution in [3.63, 3.8) is 0 Å². The van der Waals surface area contributed by atoms with Gasteiger partial charge in [0.15, 0.2) is 0 Å². The summed E-state index contributed by atoms with van der Waals surface area (Å²) in [7, 11) is 0. The van der Waals surface area contributed by atoms with Crippen LogP contribution in [0, 0.1) is 6.92 Å². The molecule has 2 heterocycles. The Bertz CT molecular complexity index is 516. The highest BCUT2D eigenvalue weighted by atomic mass is 32.1. The zero-order valence-corrected chi connectivity index (χ0v) is 9.12. The largest absolute Gasteiger partial charge is 0.397 e. The molecule has 0 saturated heterocycles. The van der Waals surface area contributed by atoms with Gasteiger partial charge in [-0.1, -0.05) is 0 Å². The number of nitrogen functional groups attached to an aromatic ring is 1. The highest BCUT2D eigenvalue weighted by molar-refractivity contribution is 7.09. The van der Waals surface area contributed by atoms with E-state index in [1.165, 1.54) is 17.4 Å². The van der Waals surface area contributed by atoms with Gasteiger partial charge in [0.25, 0.3) is 5.56 Å². The Morgan fingerprint density at radius 2 is 2.33 bits per heavy atom. The first-order valence-corrected chi connectivity index (χ1v) is 5.40. The lowest BCUT2D eigenvalue weighted by Crippen LogP contribution is -2.22. The Kier molecular flexibility index (Phi) is 2.55. The van der Waals surface area contributed by atoms with Crippen LogP contribution in [0.1, 0.15) is 10.6 Å². The molecule has 78 valence electrons. The summed E-state index contributed by atoms with van der Waals surface area (Å²) < 4.78 is 1.66. The molecule has 0 aliphatic heterocycles. The lowest BCUT2D eigenvalue weighted by molar-refractivity contribution is 0.740. The van der Waals surface area contributed by atoms with Crippen molar-refractivity contribution in [3.8, 4) is 0 Å². The predicted octanol–water partition coefficient (Wildman–Crippen LogP) is 1.24. The van der Waals surface area contributed by atoms with E-state index in [0.717, 1.165) is 10.6 Å². The molecule has 0 fully saturated rings. The fourth-order valence-corrected chi connectivity index (χ4v) is 1.95. The van der Waals surface area contributed by atoms with Crippen LogP contribution in [0.25, 0.3) is 0 Å². The lowest BCUT2D eigenvalue weighted by atomic mass is 10.3. The van der Waals surface area contributed by atoms with Crippen LogP contribution in [-0.2, 0) is 6.54 Å². The fourth-order valence-electron chi connectivity index (χ4n) is 1.37. The van der Waals surface area contributed by atoms with Crippen LogP contribution >= 0.6 is 11.3 Å². The molecule has 2 aromatic heterocycles. The molecule has 0 atom stereocenters. The fraction of sp³-hybridized carbons (Fsp3) is 0.200. The maximum atomic E-state index is 11.6. The van der Waals surface area contributed by atoms with Gasteiger partial charge in [-0.15, -0.1) is 11.3 Å². The molecule has 0 saturated carbocycles. The summed E-state index contributed by atoms with van der Waals surface area (Å²) >= 11 is 1.53. The van der Waals surface area contributed by atoms with Crippen molar-refractivity contribution in [3.05, 3.63) is 44.8 Å². The first kappa shape index (κ1) is 9.92. The number of nitrogens with zero attached hydrogens (tertiary/aromatic N) is 2. The quantitative estimate of drug-likeness (QED) is 0.830.